The van der Waals surface area contributed by atoms with Crippen molar-refractivity contribution in [1.82, 2.24) is 4.98 Å². The van der Waals surface area contributed by atoms with Crippen LogP contribution >= 0.6 is 0 Å². The second-order valence-electron chi connectivity index (χ2n) is 11.3. The third-order valence-corrected chi connectivity index (χ3v) is 8.26. The standard InChI is InChI=1S/C24BF20.C10H9N2O/c26-5-1(6(27)14(35)21(42)13(5)34)25(2-7(28)15(36)22(43)16(37)8(2)29,3-9(30)17(38)23(44)18(39)10(3)31)4-11(32)19(40)24(45)20(41)12(4)33;1-2-4-10(5-3-1)13-12-8-6-11-7-9-12/h;1-9H/q-1;+1. The van der Waals surface area contributed by atoms with Gasteiger partial charge in [0.1, 0.15) is 52.7 Å². The summed E-state index contributed by atoms with van der Waals surface area (Å²) in [6.07, 6.45) is -0.392. The molecule has 0 aliphatic carbocycles. The number of benzene rings is 5. The Hall–Kier alpha value is -6.36. The van der Waals surface area contributed by atoms with Crippen LogP contribution < -0.4 is 31.4 Å². The summed E-state index contributed by atoms with van der Waals surface area (Å²) in [6, 6.07) is 9.60. The maximum atomic E-state index is 15.4. The Morgan fingerprint density at radius 2 is 0.552 bits per heavy atom. The smallest absolute Gasteiger partial charge is 0.241 e. The molecule has 0 saturated heterocycles. The molecule has 0 spiro atoms. The van der Waals surface area contributed by atoms with Gasteiger partial charge in [0.05, 0.1) is 12.4 Å². The van der Waals surface area contributed by atoms with E-state index in [4.69, 9.17) is 4.84 Å². The molecule has 0 N–H and O–H groups in total. The van der Waals surface area contributed by atoms with Crippen molar-refractivity contribution in [3.8, 4) is 5.75 Å². The molecule has 0 bridgehead atoms. The van der Waals surface area contributed by atoms with Crippen molar-refractivity contribution < 1.29 is 97.4 Å². The van der Waals surface area contributed by atoms with Crippen LogP contribution in [-0.2, 0) is 0 Å². The van der Waals surface area contributed by atoms with E-state index < -0.39 is 144 Å². The molecule has 0 atom stereocenters. The first-order valence-electron chi connectivity index (χ1n) is 14.9. The zero-order valence-corrected chi connectivity index (χ0v) is 27.1. The fourth-order valence-electron chi connectivity index (χ4n) is 5.85. The van der Waals surface area contributed by atoms with E-state index in [-0.39, 0.29) is 0 Å². The Labute approximate surface area is 307 Å². The number of hydrogen-bond acceptors (Lipinski definition) is 2. The van der Waals surface area contributed by atoms with Gasteiger partial charge in [0.2, 0.25) is 18.1 Å². The highest BCUT2D eigenvalue weighted by Gasteiger charge is 2.52. The van der Waals surface area contributed by atoms with Crippen molar-refractivity contribution in [3.63, 3.8) is 0 Å². The van der Waals surface area contributed by atoms with Crippen LogP contribution in [-0.4, -0.2) is 11.1 Å². The lowest BCUT2D eigenvalue weighted by Gasteiger charge is -2.44. The van der Waals surface area contributed by atoms with E-state index in [9.17, 15) is 52.7 Å². The van der Waals surface area contributed by atoms with Gasteiger partial charge >= 0.3 is 0 Å². The molecule has 58 heavy (non-hydrogen) atoms. The second kappa shape index (κ2) is 15.9. The summed E-state index contributed by atoms with van der Waals surface area (Å²) in [5.74, 6) is -70.6. The molecule has 0 amide bonds. The minimum atomic E-state index is -7.22. The van der Waals surface area contributed by atoms with E-state index in [0.717, 1.165) is 5.75 Å². The highest BCUT2D eigenvalue weighted by molar-refractivity contribution is 7.20. The monoisotopic (exact) mass is 852 g/mol. The van der Waals surface area contributed by atoms with Crippen molar-refractivity contribution in [3.05, 3.63) is 171 Å². The van der Waals surface area contributed by atoms with E-state index in [1.807, 2.05) is 30.3 Å². The van der Waals surface area contributed by atoms with Crippen molar-refractivity contribution in [2.45, 2.75) is 0 Å². The van der Waals surface area contributed by atoms with Gasteiger partial charge in [-0.3, -0.25) is 4.98 Å². The number of para-hydroxylation sites is 1. The minimum absolute atomic E-state index is 0.804. The van der Waals surface area contributed by atoms with Crippen molar-refractivity contribution in [2.24, 2.45) is 0 Å². The molecule has 0 aliphatic heterocycles. The SMILES string of the molecule is Fc1c(F)c(F)c([B-](c2c(F)c(F)c(F)c(F)c2F)(c2c(F)c(F)c(F)c(F)c2F)c2c(F)c(F)c(F)c(F)c2F)c(F)c1F.c1ccc(O[n+]2ccncc2)cc1. The quantitative estimate of drug-likeness (QED) is 0.0591. The first-order chi connectivity index (χ1) is 27.2. The van der Waals surface area contributed by atoms with Gasteiger partial charge < -0.3 is 0 Å². The predicted molar refractivity (Wildman–Crippen MR) is 156 cm³/mol. The molecule has 3 nitrogen and oxygen atoms in total. The summed E-state index contributed by atoms with van der Waals surface area (Å²) in [5.41, 5.74) is -14.3. The average molecular weight is 852 g/mol. The van der Waals surface area contributed by atoms with Gasteiger partial charge in [-0.05, 0) is 12.1 Å². The normalized spacial score (nSPS) is 11.4. The summed E-state index contributed by atoms with van der Waals surface area (Å²) in [5, 5.41) is 0. The maximum Gasteiger partial charge on any atom is 0.241 e. The first-order valence-corrected chi connectivity index (χ1v) is 14.9. The molecular formula is C34H9BF20N2O. The van der Waals surface area contributed by atoms with Crippen LogP contribution in [0, 0.1) is 116 Å². The Morgan fingerprint density at radius 3 is 0.793 bits per heavy atom. The third-order valence-electron chi connectivity index (χ3n) is 8.26. The first kappa shape index (κ1) is 42.8. The number of rotatable bonds is 6. The molecule has 24 heteroatoms. The maximum absolute atomic E-state index is 15.4. The van der Waals surface area contributed by atoms with Crippen LogP contribution in [0.4, 0.5) is 87.8 Å². The van der Waals surface area contributed by atoms with E-state index in [1.54, 1.807) is 29.5 Å². The van der Waals surface area contributed by atoms with Gasteiger partial charge in [-0.2, -0.15) is 0 Å². The predicted octanol–water partition coefficient (Wildman–Crippen LogP) is 7.06. The molecule has 5 aromatic carbocycles. The third kappa shape index (κ3) is 6.58. The van der Waals surface area contributed by atoms with Crippen LogP contribution in [0.25, 0.3) is 0 Å². The molecular weight excluding hydrogens is 843 g/mol. The fourth-order valence-corrected chi connectivity index (χ4v) is 5.85. The van der Waals surface area contributed by atoms with E-state index in [2.05, 4.69) is 4.98 Å². The Morgan fingerprint density at radius 1 is 0.328 bits per heavy atom. The molecule has 0 unspecified atom stereocenters. The van der Waals surface area contributed by atoms with Crippen molar-refractivity contribution in [1.29, 1.82) is 0 Å². The van der Waals surface area contributed by atoms with Crippen LogP contribution in [0.5, 0.6) is 5.75 Å². The van der Waals surface area contributed by atoms with Gasteiger partial charge in [-0.1, -0.05) is 18.2 Å². The van der Waals surface area contributed by atoms with Gasteiger partial charge in [0.15, 0.2) is 69.8 Å². The lowest BCUT2D eigenvalue weighted by Crippen LogP contribution is -2.81. The number of aromatic nitrogens is 2. The number of halogens is 20. The summed E-state index contributed by atoms with van der Waals surface area (Å²) < 4.78 is 296. The highest BCUT2D eigenvalue weighted by atomic mass is 19.2. The molecule has 304 valence electrons. The minimum Gasteiger partial charge on any atom is -0.252 e. The molecule has 1 aromatic heterocycles. The van der Waals surface area contributed by atoms with Crippen molar-refractivity contribution in [2.75, 3.05) is 0 Å². The number of hydrogen-bond donors (Lipinski definition) is 0. The van der Waals surface area contributed by atoms with Crippen molar-refractivity contribution >= 4 is 28.0 Å². The summed E-state index contributed by atoms with van der Waals surface area (Å²) in [6.45, 7) is 0. The van der Waals surface area contributed by atoms with Gasteiger partial charge in [0.25, 0.3) is 0 Å². The summed E-state index contributed by atoms with van der Waals surface area (Å²) in [7, 11) is 0. The molecule has 1 heterocycles. The Kier molecular flexibility index (Phi) is 11.7. The Balaban J connectivity index is 0.000000414. The van der Waals surface area contributed by atoms with Gasteiger partial charge in [-0.15, -0.1) is 21.9 Å². The molecule has 0 saturated carbocycles. The average Bonchev–Trinajstić information content (AvgIpc) is 3.21. The number of nitrogens with zero attached hydrogens (tertiary/aromatic N) is 2. The van der Waals surface area contributed by atoms with Gasteiger partial charge in [-0.25, -0.2) is 92.6 Å². The second-order valence-corrected chi connectivity index (χ2v) is 11.3. The zero-order chi connectivity index (χ0) is 43.3. The summed E-state index contributed by atoms with van der Waals surface area (Å²) >= 11 is 0. The molecule has 0 radical (unpaired) electrons. The zero-order valence-electron chi connectivity index (χ0n) is 27.1. The molecule has 0 fully saturated rings. The lowest BCUT2D eigenvalue weighted by molar-refractivity contribution is -0.875. The summed E-state index contributed by atoms with van der Waals surface area (Å²) in [4.78, 5) is 9.34. The topological polar surface area (TPSA) is 26.0 Å². The van der Waals surface area contributed by atoms with Crippen LogP contribution in [0.2, 0.25) is 0 Å². The molecule has 6 aromatic rings. The Bertz CT molecular complexity index is 2180. The van der Waals surface area contributed by atoms with Crippen LogP contribution in [0.15, 0.2) is 55.1 Å². The van der Waals surface area contributed by atoms with E-state index >= 15 is 35.1 Å². The molecule has 0 aliphatic rings. The van der Waals surface area contributed by atoms with Crippen LogP contribution in [0.1, 0.15) is 0 Å². The molecule has 6 rings (SSSR count). The van der Waals surface area contributed by atoms with Gasteiger partial charge in [0, 0.05) is 4.73 Å². The lowest BCUT2D eigenvalue weighted by atomic mass is 9.12. The van der Waals surface area contributed by atoms with E-state index in [0.29, 0.717) is 0 Å². The van der Waals surface area contributed by atoms with Crippen LogP contribution in [0.3, 0.4) is 0 Å². The van der Waals surface area contributed by atoms with E-state index in [1.165, 1.54) is 0 Å². The highest BCUT2D eigenvalue weighted by Crippen LogP contribution is 2.30. The largest absolute Gasteiger partial charge is 0.252 e. The fraction of sp³-hybridized carbons (Fsp3) is 0.